The molecule has 0 spiro atoms. The summed E-state index contributed by atoms with van der Waals surface area (Å²) in [5.41, 5.74) is 3.15. The van der Waals surface area contributed by atoms with E-state index in [-0.39, 0.29) is 16.2 Å². The molecule has 6 nitrogen and oxygen atoms in total. The number of Topliss-reactive ketones (excluding diaryl/α,β-unsaturated/α-hetero) is 1. The van der Waals surface area contributed by atoms with Gasteiger partial charge in [0.15, 0.2) is 6.10 Å². The second kappa shape index (κ2) is 8.59. The summed E-state index contributed by atoms with van der Waals surface area (Å²) in [7, 11) is -3.84. The molecule has 1 aliphatic rings. The van der Waals surface area contributed by atoms with E-state index in [4.69, 9.17) is 4.74 Å². The van der Waals surface area contributed by atoms with Gasteiger partial charge >= 0.3 is 5.97 Å². The van der Waals surface area contributed by atoms with Crippen LogP contribution in [0.2, 0.25) is 0 Å². The highest BCUT2D eigenvalue weighted by atomic mass is 32.2. The molecule has 0 unspecified atom stereocenters. The highest BCUT2D eigenvalue weighted by Gasteiger charge is 2.31. The fourth-order valence-corrected chi connectivity index (χ4v) is 5.25. The zero-order valence-corrected chi connectivity index (χ0v) is 18.6. The predicted octanol–water partition coefficient (Wildman–Crippen LogP) is 4.17. The lowest BCUT2D eigenvalue weighted by molar-refractivity contribution is 0.0318. The molecule has 164 valence electrons. The standard InChI is InChI=1S/C25H23NO5S/c1-17-10-12-20(13-11-17)24(27)18(2)31-25(28)21-7-5-8-22(16-21)32(29,30)26-15-14-19-6-3-4-9-23(19)26/h3-13,16,18H,14-15H2,1-2H3/t18-/m1/s1. The molecule has 0 amide bonds. The third kappa shape index (κ3) is 4.16. The van der Waals surface area contributed by atoms with E-state index in [1.165, 1.54) is 35.5 Å². The van der Waals surface area contributed by atoms with Gasteiger partial charge in [-0.25, -0.2) is 13.2 Å². The van der Waals surface area contributed by atoms with Gasteiger partial charge in [-0.2, -0.15) is 0 Å². The topological polar surface area (TPSA) is 80.8 Å². The predicted molar refractivity (Wildman–Crippen MR) is 122 cm³/mol. The highest BCUT2D eigenvalue weighted by Crippen LogP contribution is 2.32. The summed E-state index contributed by atoms with van der Waals surface area (Å²) < 4.78 is 33.2. The summed E-state index contributed by atoms with van der Waals surface area (Å²) in [6.45, 7) is 3.76. The molecule has 7 heteroatoms. The molecule has 0 aliphatic carbocycles. The van der Waals surface area contributed by atoms with E-state index in [9.17, 15) is 18.0 Å². The number of carbonyl (C=O) groups is 2. The number of anilines is 1. The van der Waals surface area contributed by atoms with E-state index < -0.39 is 22.1 Å². The first-order valence-electron chi connectivity index (χ1n) is 10.3. The maximum Gasteiger partial charge on any atom is 0.338 e. The number of hydrogen-bond acceptors (Lipinski definition) is 5. The Kier molecular flexibility index (Phi) is 5.84. The number of hydrogen-bond donors (Lipinski definition) is 0. The number of rotatable bonds is 6. The van der Waals surface area contributed by atoms with Gasteiger partial charge in [-0.15, -0.1) is 0 Å². The third-order valence-electron chi connectivity index (χ3n) is 5.49. The van der Waals surface area contributed by atoms with Crippen molar-refractivity contribution in [3.8, 4) is 0 Å². The third-order valence-corrected chi connectivity index (χ3v) is 7.30. The van der Waals surface area contributed by atoms with Crippen molar-refractivity contribution in [1.82, 2.24) is 0 Å². The molecular formula is C25H23NO5S. The molecule has 0 fully saturated rings. The molecule has 0 radical (unpaired) electrons. The lowest BCUT2D eigenvalue weighted by Gasteiger charge is -2.20. The zero-order chi connectivity index (χ0) is 22.9. The summed E-state index contributed by atoms with van der Waals surface area (Å²) in [6, 6.07) is 20.1. The number of sulfonamides is 1. The molecule has 32 heavy (non-hydrogen) atoms. The Morgan fingerprint density at radius 2 is 1.66 bits per heavy atom. The van der Waals surface area contributed by atoms with Gasteiger partial charge in [-0.1, -0.05) is 54.1 Å². The highest BCUT2D eigenvalue weighted by molar-refractivity contribution is 7.92. The van der Waals surface area contributed by atoms with Crippen LogP contribution in [0.5, 0.6) is 0 Å². The summed E-state index contributed by atoms with van der Waals surface area (Å²) in [6.07, 6.45) is -0.369. The van der Waals surface area contributed by atoms with Crippen LogP contribution < -0.4 is 4.31 Å². The average molecular weight is 450 g/mol. The van der Waals surface area contributed by atoms with Crippen LogP contribution in [0.4, 0.5) is 5.69 Å². The van der Waals surface area contributed by atoms with Gasteiger partial charge in [-0.3, -0.25) is 9.10 Å². The second-order valence-corrected chi connectivity index (χ2v) is 9.62. The van der Waals surface area contributed by atoms with Gasteiger partial charge in [0.1, 0.15) is 0 Å². The first kappa shape index (κ1) is 21.8. The summed E-state index contributed by atoms with van der Waals surface area (Å²) in [4.78, 5) is 25.2. The van der Waals surface area contributed by atoms with E-state index in [1.807, 2.05) is 31.2 Å². The van der Waals surface area contributed by atoms with Crippen LogP contribution >= 0.6 is 0 Å². The van der Waals surface area contributed by atoms with E-state index in [0.717, 1.165) is 11.1 Å². The lowest BCUT2D eigenvalue weighted by atomic mass is 10.1. The van der Waals surface area contributed by atoms with Gasteiger partial charge in [0, 0.05) is 12.1 Å². The number of aryl methyl sites for hydroxylation is 1. The van der Waals surface area contributed by atoms with Crippen molar-refractivity contribution >= 4 is 27.5 Å². The summed E-state index contributed by atoms with van der Waals surface area (Å²) >= 11 is 0. The van der Waals surface area contributed by atoms with Crippen LogP contribution in [0, 0.1) is 6.92 Å². The molecule has 0 aromatic heterocycles. The van der Waals surface area contributed by atoms with E-state index in [2.05, 4.69) is 0 Å². The molecule has 3 aromatic rings. The van der Waals surface area contributed by atoms with Crippen molar-refractivity contribution in [2.45, 2.75) is 31.3 Å². The Bertz CT molecular complexity index is 1280. The van der Waals surface area contributed by atoms with Gasteiger partial charge in [0.05, 0.1) is 16.1 Å². The number of fused-ring (bicyclic) bond motifs is 1. The molecule has 0 saturated heterocycles. The van der Waals surface area contributed by atoms with Crippen LogP contribution in [-0.2, 0) is 21.2 Å². The minimum atomic E-state index is -3.84. The normalized spacial score (nSPS) is 14.0. The monoisotopic (exact) mass is 449 g/mol. The van der Waals surface area contributed by atoms with Crippen molar-refractivity contribution in [2.24, 2.45) is 0 Å². The molecule has 3 aromatic carbocycles. The Balaban J connectivity index is 1.53. The van der Waals surface area contributed by atoms with Crippen LogP contribution in [0.3, 0.4) is 0 Å². The molecule has 1 heterocycles. The second-order valence-electron chi connectivity index (χ2n) is 7.76. The van der Waals surface area contributed by atoms with Crippen LogP contribution in [0.25, 0.3) is 0 Å². The van der Waals surface area contributed by atoms with E-state index in [0.29, 0.717) is 24.2 Å². The molecule has 0 saturated carbocycles. The first-order valence-corrected chi connectivity index (χ1v) is 11.7. The summed E-state index contributed by atoms with van der Waals surface area (Å²) in [5.74, 6) is -1.08. The number of nitrogens with zero attached hydrogens (tertiary/aromatic N) is 1. The average Bonchev–Trinajstić information content (AvgIpc) is 3.24. The first-order chi connectivity index (χ1) is 15.3. The number of benzene rings is 3. The fraction of sp³-hybridized carbons (Fsp3) is 0.200. The number of carbonyl (C=O) groups excluding carboxylic acids is 2. The quantitative estimate of drug-likeness (QED) is 0.417. The van der Waals surface area contributed by atoms with Gasteiger partial charge < -0.3 is 4.74 Å². The maximum absolute atomic E-state index is 13.2. The fourth-order valence-electron chi connectivity index (χ4n) is 3.70. The van der Waals surface area contributed by atoms with Crippen molar-refractivity contribution in [2.75, 3.05) is 10.8 Å². The lowest BCUT2D eigenvalue weighted by Crippen LogP contribution is -2.29. The van der Waals surface area contributed by atoms with Crippen LogP contribution in [0.15, 0.2) is 77.7 Å². The molecule has 0 N–H and O–H groups in total. The SMILES string of the molecule is Cc1ccc(C(=O)[C@@H](C)OC(=O)c2cccc(S(=O)(=O)N3CCc4ccccc43)c2)cc1. The Morgan fingerprint density at radius 3 is 2.41 bits per heavy atom. The Labute approximate surface area is 187 Å². The largest absolute Gasteiger partial charge is 0.451 e. The maximum atomic E-state index is 13.2. The Morgan fingerprint density at radius 1 is 0.938 bits per heavy atom. The molecule has 4 rings (SSSR count). The van der Waals surface area contributed by atoms with Crippen molar-refractivity contribution in [3.05, 3.63) is 95.1 Å². The van der Waals surface area contributed by atoms with Crippen LogP contribution in [-0.4, -0.2) is 32.8 Å². The van der Waals surface area contributed by atoms with Gasteiger partial charge in [0.25, 0.3) is 10.0 Å². The zero-order valence-electron chi connectivity index (χ0n) is 17.8. The number of ether oxygens (including phenoxy) is 1. The number of ketones is 1. The van der Waals surface area contributed by atoms with Crippen LogP contribution in [0.1, 0.15) is 38.8 Å². The van der Waals surface area contributed by atoms with Crippen molar-refractivity contribution < 1.29 is 22.7 Å². The molecule has 1 aliphatic heterocycles. The van der Waals surface area contributed by atoms with E-state index in [1.54, 1.807) is 24.3 Å². The van der Waals surface area contributed by atoms with Gasteiger partial charge in [0.2, 0.25) is 5.78 Å². The number of esters is 1. The van der Waals surface area contributed by atoms with Gasteiger partial charge in [-0.05, 0) is 50.1 Å². The van der Waals surface area contributed by atoms with Crippen molar-refractivity contribution in [1.29, 1.82) is 0 Å². The minimum absolute atomic E-state index is 0.00108. The smallest absolute Gasteiger partial charge is 0.338 e. The Hall–Kier alpha value is -3.45. The van der Waals surface area contributed by atoms with E-state index >= 15 is 0 Å². The minimum Gasteiger partial charge on any atom is -0.451 e. The molecular weight excluding hydrogens is 426 g/mol. The molecule has 0 bridgehead atoms. The van der Waals surface area contributed by atoms with Crippen molar-refractivity contribution in [3.63, 3.8) is 0 Å². The number of para-hydroxylation sites is 1. The molecule has 1 atom stereocenters. The summed E-state index contributed by atoms with van der Waals surface area (Å²) in [5, 5.41) is 0.